The number of rotatable bonds is 4. The summed E-state index contributed by atoms with van der Waals surface area (Å²) in [6.07, 6.45) is 2.49. The number of thiophene rings is 1. The summed E-state index contributed by atoms with van der Waals surface area (Å²) < 4.78 is 0. The Labute approximate surface area is 110 Å². The van der Waals surface area contributed by atoms with E-state index >= 15 is 0 Å². The van der Waals surface area contributed by atoms with Crippen molar-refractivity contribution in [2.24, 2.45) is 0 Å². The third-order valence-electron chi connectivity index (χ3n) is 3.07. The molecule has 0 radical (unpaired) electrons. The smallest absolute Gasteiger partial charge is 0.222 e. The first-order valence-corrected chi connectivity index (χ1v) is 7.05. The Balaban J connectivity index is 1.89. The van der Waals surface area contributed by atoms with E-state index in [9.17, 15) is 0 Å². The molecule has 3 rings (SSSR count). The first kappa shape index (κ1) is 11.5. The number of nitrogens with zero attached hydrogens (tertiary/aromatic N) is 3. The van der Waals surface area contributed by atoms with Crippen LogP contribution >= 0.6 is 11.3 Å². The fraction of sp³-hybridized carbons (Fsp3) is 0.385. The summed E-state index contributed by atoms with van der Waals surface area (Å²) in [4.78, 5) is 10.8. The van der Waals surface area contributed by atoms with Crippen LogP contribution in [-0.4, -0.2) is 16.0 Å². The van der Waals surface area contributed by atoms with Crippen molar-refractivity contribution in [1.82, 2.24) is 9.97 Å². The van der Waals surface area contributed by atoms with Crippen molar-refractivity contribution in [3.8, 4) is 0 Å². The lowest BCUT2D eigenvalue weighted by Crippen LogP contribution is -2.26. The first-order chi connectivity index (χ1) is 8.72. The van der Waals surface area contributed by atoms with Crippen LogP contribution in [0.2, 0.25) is 0 Å². The monoisotopic (exact) mass is 260 g/mol. The molecule has 0 unspecified atom stereocenters. The van der Waals surface area contributed by atoms with Gasteiger partial charge in [0, 0.05) is 24.3 Å². The number of aryl methyl sites for hydroxylation is 1. The summed E-state index contributed by atoms with van der Waals surface area (Å²) in [5.41, 5.74) is 8.00. The van der Waals surface area contributed by atoms with E-state index in [4.69, 9.17) is 5.73 Å². The molecule has 4 nitrogen and oxygen atoms in total. The maximum absolute atomic E-state index is 5.74. The quantitative estimate of drug-likeness (QED) is 0.918. The van der Waals surface area contributed by atoms with E-state index in [-0.39, 0.29) is 0 Å². The summed E-state index contributed by atoms with van der Waals surface area (Å²) in [5.74, 6) is 1.31. The number of anilines is 2. The van der Waals surface area contributed by atoms with Crippen LogP contribution in [-0.2, 0) is 6.54 Å². The fourth-order valence-electron chi connectivity index (χ4n) is 2.08. The lowest BCUT2D eigenvalue weighted by Gasteiger charge is -2.23. The van der Waals surface area contributed by atoms with Gasteiger partial charge in [-0.1, -0.05) is 0 Å². The molecule has 0 bridgehead atoms. The molecular weight excluding hydrogens is 244 g/mol. The largest absolute Gasteiger partial charge is 0.368 e. The van der Waals surface area contributed by atoms with E-state index in [0.717, 1.165) is 18.1 Å². The van der Waals surface area contributed by atoms with Gasteiger partial charge in [0.05, 0.1) is 0 Å². The van der Waals surface area contributed by atoms with Crippen molar-refractivity contribution in [2.45, 2.75) is 32.4 Å². The Hall–Kier alpha value is -1.62. The maximum atomic E-state index is 5.74. The zero-order valence-electron chi connectivity index (χ0n) is 10.3. The highest BCUT2D eigenvalue weighted by Crippen LogP contribution is 2.32. The normalized spacial score (nSPS) is 14.7. The van der Waals surface area contributed by atoms with Crippen LogP contribution in [0.15, 0.2) is 22.9 Å². The molecular formula is C13H16N4S. The maximum Gasteiger partial charge on any atom is 0.222 e. The van der Waals surface area contributed by atoms with Crippen LogP contribution in [0.5, 0.6) is 0 Å². The number of hydrogen-bond donors (Lipinski definition) is 1. The van der Waals surface area contributed by atoms with E-state index in [1.54, 1.807) is 11.3 Å². The molecule has 2 heterocycles. The molecule has 1 saturated carbocycles. The Morgan fingerprint density at radius 2 is 2.28 bits per heavy atom. The van der Waals surface area contributed by atoms with Crippen LogP contribution in [0.3, 0.4) is 0 Å². The molecule has 1 fully saturated rings. The average molecular weight is 260 g/mol. The van der Waals surface area contributed by atoms with Crippen molar-refractivity contribution in [3.05, 3.63) is 34.2 Å². The van der Waals surface area contributed by atoms with Gasteiger partial charge >= 0.3 is 0 Å². The van der Waals surface area contributed by atoms with Gasteiger partial charge in [0.1, 0.15) is 5.82 Å². The molecule has 18 heavy (non-hydrogen) atoms. The Kier molecular flexibility index (Phi) is 2.91. The fourth-order valence-corrected chi connectivity index (χ4v) is 2.74. The van der Waals surface area contributed by atoms with Gasteiger partial charge in [-0.25, -0.2) is 4.98 Å². The van der Waals surface area contributed by atoms with Gasteiger partial charge in [0.15, 0.2) is 0 Å². The molecule has 2 aromatic rings. The van der Waals surface area contributed by atoms with Gasteiger partial charge < -0.3 is 10.6 Å². The lowest BCUT2D eigenvalue weighted by molar-refractivity contribution is 0.777. The number of hydrogen-bond acceptors (Lipinski definition) is 5. The summed E-state index contributed by atoms with van der Waals surface area (Å²) in [7, 11) is 0. The van der Waals surface area contributed by atoms with E-state index in [0.29, 0.717) is 12.0 Å². The highest BCUT2D eigenvalue weighted by molar-refractivity contribution is 7.07. The standard InChI is InChI=1S/C13H16N4S/c1-9-6-12(16-13(14)15-9)17(11-2-3-11)7-10-4-5-18-8-10/h4-6,8,11H,2-3,7H2,1H3,(H2,14,15,16). The van der Waals surface area contributed by atoms with Gasteiger partial charge in [0.25, 0.3) is 0 Å². The minimum absolute atomic E-state index is 0.362. The SMILES string of the molecule is Cc1cc(N(Cc2ccsc2)C2CC2)nc(N)n1. The Morgan fingerprint density at radius 3 is 2.89 bits per heavy atom. The van der Waals surface area contributed by atoms with E-state index in [1.165, 1.54) is 18.4 Å². The summed E-state index contributed by atoms with van der Waals surface area (Å²) >= 11 is 1.73. The third kappa shape index (κ3) is 2.46. The van der Waals surface area contributed by atoms with Crippen LogP contribution in [0.25, 0.3) is 0 Å². The molecule has 2 aromatic heterocycles. The molecule has 0 saturated heterocycles. The number of aromatic nitrogens is 2. The van der Waals surface area contributed by atoms with E-state index in [2.05, 4.69) is 31.7 Å². The van der Waals surface area contributed by atoms with Crippen LogP contribution in [0, 0.1) is 6.92 Å². The summed E-state index contributed by atoms with van der Waals surface area (Å²) in [6.45, 7) is 2.86. The Bertz CT molecular complexity index is 514. The molecule has 2 N–H and O–H groups in total. The summed E-state index contributed by atoms with van der Waals surface area (Å²) in [6, 6.07) is 4.79. The van der Waals surface area contributed by atoms with Crippen molar-refractivity contribution in [3.63, 3.8) is 0 Å². The van der Waals surface area contributed by atoms with E-state index < -0.39 is 0 Å². The molecule has 0 spiro atoms. The molecule has 0 aliphatic heterocycles. The van der Waals surface area contributed by atoms with Gasteiger partial charge in [-0.15, -0.1) is 0 Å². The van der Waals surface area contributed by atoms with Crippen LogP contribution in [0.4, 0.5) is 11.8 Å². The molecule has 94 valence electrons. The highest BCUT2D eigenvalue weighted by Gasteiger charge is 2.30. The second-order valence-electron chi connectivity index (χ2n) is 4.72. The van der Waals surface area contributed by atoms with Crippen molar-refractivity contribution >= 4 is 23.1 Å². The zero-order chi connectivity index (χ0) is 12.5. The number of nitrogen functional groups attached to an aromatic ring is 1. The minimum atomic E-state index is 0.362. The van der Waals surface area contributed by atoms with Crippen LogP contribution in [0.1, 0.15) is 24.1 Å². The average Bonchev–Trinajstić information content (AvgIpc) is 3.02. The first-order valence-electron chi connectivity index (χ1n) is 6.11. The van der Waals surface area contributed by atoms with Crippen LogP contribution < -0.4 is 10.6 Å². The predicted molar refractivity (Wildman–Crippen MR) is 74.7 cm³/mol. The number of nitrogens with two attached hydrogens (primary N) is 1. The topological polar surface area (TPSA) is 55.0 Å². The van der Waals surface area contributed by atoms with Crippen molar-refractivity contribution in [2.75, 3.05) is 10.6 Å². The molecule has 0 amide bonds. The van der Waals surface area contributed by atoms with Gasteiger partial charge in [-0.3, -0.25) is 0 Å². The van der Waals surface area contributed by atoms with Crippen molar-refractivity contribution in [1.29, 1.82) is 0 Å². The molecule has 0 aromatic carbocycles. The molecule has 5 heteroatoms. The Morgan fingerprint density at radius 1 is 1.44 bits per heavy atom. The van der Waals surface area contributed by atoms with Gasteiger partial charge in [0.2, 0.25) is 5.95 Å². The second-order valence-corrected chi connectivity index (χ2v) is 5.50. The third-order valence-corrected chi connectivity index (χ3v) is 3.80. The van der Waals surface area contributed by atoms with E-state index in [1.807, 2.05) is 13.0 Å². The molecule has 0 atom stereocenters. The lowest BCUT2D eigenvalue weighted by atomic mass is 10.3. The van der Waals surface area contributed by atoms with Gasteiger partial charge in [-0.05, 0) is 42.2 Å². The van der Waals surface area contributed by atoms with Crippen molar-refractivity contribution < 1.29 is 0 Å². The predicted octanol–water partition coefficient (Wildman–Crippen LogP) is 2.60. The minimum Gasteiger partial charge on any atom is -0.368 e. The zero-order valence-corrected chi connectivity index (χ0v) is 11.2. The molecule has 1 aliphatic rings. The second kappa shape index (κ2) is 4.57. The van der Waals surface area contributed by atoms with Gasteiger partial charge in [-0.2, -0.15) is 16.3 Å². The molecule has 1 aliphatic carbocycles. The summed E-state index contributed by atoms with van der Waals surface area (Å²) in [5, 5.41) is 4.30. The highest BCUT2D eigenvalue weighted by atomic mass is 32.1.